The Morgan fingerprint density at radius 1 is 1.21 bits per heavy atom. The van der Waals surface area contributed by atoms with Gasteiger partial charge in [0.1, 0.15) is 0 Å². The molecule has 0 aliphatic heterocycles. The second-order valence-corrected chi connectivity index (χ2v) is 4.82. The molecule has 1 N–H and O–H groups in total. The first-order valence-corrected chi connectivity index (χ1v) is 6.72. The molecule has 0 aliphatic carbocycles. The fraction of sp³-hybridized carbons (Fsp3) is 0.533. The first-order chi connectivity index (χ1) is 9.18. The number of hydrogen-bond donors (Lipinski definition) is 1. The summed E-state index contributed by atoms with van der Waals surface area (Å²) in [6, 6.07) is 10.2. The van der Waals surface area contributed by atoms with Crippen molar-refractivity contribution in [2.75, 3.05) is 19.8 Å². The van der Waals surface area contributed by atoms with Crippen LogP contribution in [0.2, 0.25) is 0 Å². The van der Waals surface area contributed by atoms with Crippen molar-refractivity contribution in [3.8, 4) is 0 Å². The van der Waals surface area contributed by atoms with E-state index in [-0.39, 0.29) is 0 Å². The molecule has 0 amide bonds. The molecule has 4 nitrogen and oxygen atoms in total. The van der Waals surface area contributed by atoms with Gasteiger partial charge >= 0.3 is 6.16 Å². The predicted octanol–water partition coefficient (Wildman–Crippen LogP) is 2.98. The third-order valence-electron chi connectivity index (χ3n) is 2.42. The molecule has 19 heavy (non-hydrogen) atoms. The second-order valence-electron chi connectivity index (χ2n) is 4.82. The summed E-state index contributed by atoms with van der Waals surface area (Å²) < 4.78 is 9.84. The summed E-state index contributed by atoms with van der Waals surface area (Å²) in [7, 11) is 0. The van der Waals surface area contributed by atoms with Gasteiger partial charge in [0.15, 0.2) is 0 Å². The molecule has 4 heteroatoms. The minimum absolute atomic E-state index is 0.333. The van der Waals surface area contributed by atoms with Crippen molar-refractivity contribution >= 4 is 6.16 Å². The highest BCUT2D eigenvalue weighted by Crippen LogP contribution is 1.98. The Balaban J connectivity index is 1.95. The van der Waals surface area contributed by atoms with Gasteiger partial charge in [-0.1, -0.05) is 44.2 Å². The topological polar surface area (TPSA) is 47.6 Å². The molecular formula is C15H23NO3. The van der Waals surface area contributed by atoms with Gasteiger partial charge in [0.2, 0.25) is 0 Å². The van der Waals surface area contributed by atoms with Crippen molar-refractivity contribution < 1.29 is 14.3 Å². The highest BCUT2D eigenvalue weighted by Gasteiger charge is 2.04. The van der Waals surface area contributed by atoms with Gasteiger partial charge in [0.05, 0.1) is 13.2 Å². The van der Waals surface area contributed by atoms with Crippen LogP contribution in [0.4, 0.5) is 4.79 Å². The highest BCUT2D eigenvalue weighted by molar-refractivity contribution is 5.59. The van der Waals surface area contributed by atoms with Crippen molar-refractivity contribution in [2.24, 2.45) is 5.92 Å². The van der Waals surface area contributed by atoms with E-state index in [0.29, 0.717) is 19.1 Å². The average molecular weight is 265 g/mol. The van der Waals surface area contributed by atoms with E-state index in [1.54, 1.807) is 0 Å². The lowest BCUT2D eigenvalue weighted by atomic mass is 10.2. The molecule has 0 heterocycles. The summed E-state index contributed by atoms with van der Waals surface area (Å²) >= 11 is 0. The minimum atomic E-state index is -0.572. The summed E-state index contributed by atoms with van der Waals surface area (Å²) in [4.78, 5) is 11.1. The van der Waals surface area contributed by atoms with Crippen molar-refractivity contribution in [3.63, 3.8) is 0 Å². The van der Waals surface area contributed by atoms with Crippen LogP contribution in [0.15, 0.2) is 30.3 Å². The van der Waals surface area contributed by atoms with E-state index in [9.17, 15) is 4.79 Å². The lowest BCUT2D eigenvalue weighted by Gasteiger charge is -2.08. The molecule has 0 spiro atoms. The maximum Gasteiger partial charge on any atom is 0.508 e. The third-order valence-corrected chi connectivity index (χ3v) is 2.42. The van der Waals surface area contributed by atoms with Gasteiger partial charge in [-0.3, -0.25) is 0 Å². The Bertz CT molecular complexity index is 352. The highest BCUT2D eigenvalue weighted by atomic mass is 16.7. The van der Waals surface area contributed by atoms with Crippen LogP contribution < -0.4 is 5.32 Å². The SMILES string of the molecule is CC(C)COC(=O)OCCCNCc1ccccc1. The zero-order chi connectivity index (χ0) is 13.9. The Hall–Kier alpha value is -1.55. The smallest absolute Gasteiger partial charge is 0.434 e. The van der Waals surface area contributed by atoms with Gasteiger partial charge in [0.25, 0.3) is 0 Å². The number of ether oxygens (including phenoxy) is 2. The zero-order valence-electron chi connectivity index (χ0n) is 11.7. The molecule has 0 radical (unpaired) electrons. The minimum Gasteiger partial charge on any atom is -0.434 e. The van der Waals surface area contributed by atoms with Crippen molar-refractivity contribution in [1.82, 2.24) is 5.32 Å². The molecular weight excluding hydrogens is 242 g/mol. The van der Waals surface area contributed by atoms with E-state index in [1.807, 2.05) is 32.0 Å². The number of rotatable bonds is 8. The largest absolute Gasteiger partial charge is 0.508 e. The molecule has 106 valence electrons. The Labute approximate surface area is 115 Å². The number of nitrogens with one attached hydrogen (secondary N) is 1. The van der Waals surface area contributed by atoms with E-state index in [0.717, 1.165) is 19.5 Å². The summed E-state index contributed by atoms with van der Waals surface area (Å²) in [5.41, 5.74) is 1.25. The molecule has 0 unspecified atom stereocenters. The standard InChI is InChI=1S/C15H23NO3/c1-13(2)12-19-15(17)18-10-6-9-16-11-14-7-4-3-5-8-14/h3-5,7-8,13,16H,6,9-12H2,1-2H3. The van der Waals surface area contributed by atoms with Crippen LogP contribution in [0.5, 0.6) is 0 Å². The first-order valence-electron chi connectivity index (χ1n) is 6.72. The van der Waals surface area contributed by atoms with Gasteiger partial charge in [-0.15, -0.1) is 0 Å². The Kier molecular flexibility index (Phi) is 7.66. The second kappa shape index (κ2) is 9.39. The predicted molar refractivity (Wildman–Crippen MR) is 74.9 cm³/mol. The van der Waals surface area contributed by atoms with Crippen LogP contribution in [-0.2, 0) is 16.0 Å². The lowest BCUT2D eigenvalue weighted by molar-refractivity contribution is 0.0469. The van der Waals surface area contributed by atoms with Gasteiger partial charge in [-0.05, 0) is 24.4 Å². The van der Waals surface area contributed by atoms with Crippen LogP contribution in [0.25, 0.3) is 0 Å². The third kappa shape index (κ3) is 8.21. The fourth-order valence-electron chi connectivity index (χ4n) is 1.46. The molecule has 0 atom stereocenters. The molecule has 1 rings (SSSR count). The van der Waals surface area contributed by atoms with Gasteiger partial charge < -0.3 is 14.8 Å². The maximum absolute atomic E-state index is 11.1. The van der Waals surface area contributed by atoms with Crippen LogP contribution in [0.3, 0.4) is 0 Å². The van der Waals surface area contributed by atoms with Crippen molar-refractivity contribution in [3.05, 3.63) is 35.9 Å². The van der Waals surface area contributed by atoms with Gasteiger partial charge in [0, 0.05) is 6.54 Å². The Morgan fingerprint density at radius 2 is 1.95 bits per heavy atom. The molecule has 0 saturated heterocycles. The summed E-state index contributed by atoms with van der Waals surface area (Å²) in [6.45, 7) is 6.41. The molecule has 0 aromatic heterocycles. The van der Waals surface area contributed by atoms with Crippen LogP contribution in [0.1, 0.15) is 25.8 Å². The molecule has 1 aromatic carbocycles. The number of carbonyl (C=O) groups is 1. The average Bonchev–Trinajstić information content (AvgIpc) is 2.41. The molecule has 0 fully saturated rings. The quantitative estimate of drug-likeness (QED) is 0.580. The van der Waals surface area contributed by atoms with E-state index >= 15 is 0 Å². The van der Waals surface area contributed by atoms with Crippen molar-refractivity contribution in [2.45, 2.75) is 26.8 Å². The number of benzene rings is 1. The van der Waals surface area contributed by atoms with Crippen LogP contribution in [-0.4, -0.2) is 25.9 Å². The molecule has 0 aliphatic rings. The van der Waals surface area contributed by atoms with E-state index in [1.165, 1.54) is 5.56 Å². The fourth-order valence-corrected chi connectivity index (χ4v) is 1.46. The maximum atomic E-state index is 11.1. The van der Waals surface area contributed by atoms with Gasteiger partial charge in [-0.2, -0.15) is 0 Å². The molecule has 0 saturated carbocycles. The summed E-state index contributed by atoms with van der Waals surface area (Å²) in [5.74, 6) is 0.333. The van der Waals surface area contributed by atoms with Crippen LogP contribution in [0, 0.1) is 5.92 Å². The van der Waals surface area contributed by atoms with E-state index in [4.69, 9.17) is 9.47 Å². The Morgan fingerprint density at radius 3 is 2.63 bits per heavy atom. The van der Waals surface area contributed by atoms with Crippen LogP contribution >= 0.6 is 0 Å². The van der Waals surface area contributed by atoms with E-state index < -0.39 is 6.16 Å². The summed E-state index contributed by atoms with van der Waals surface area (Å²) in [5, 5.41) is 3.29. The monoisotopic (exact) mass is 265 g/mol. The number of hydrogen-bond acceptors (Lipinski definition) is 4. The van der Waals surface area contributed by atoms with Gasteiger partial charge in [-0.25, -0.2) is 4.79 Å². The molecule has 1 aromatic rings. The normalized spacial score (nSPS) is 10.5. The first kappa shape index (κ1) is 15.5. The zero-order valence-corrected chi connectivity index (χ0v) is 11.7. The number of carbonyl (C=O) groups excluding carboxylic acids is 1. The van der Waals surface area contributed by atoms with Crippen molar-refractivity contribution in [1.29, 1.82) is 0 Å². The molecule has 0 bridgehead atoms. The van der Waals surface area contributed by atoms with E-state index in [2.05, 4.69) is 17.4 Å². The lowest BCUT2D eigenvalue weighted by Crippen LogP contribution is -2.18. The summed E-state index contributed by atoms with van der Waals surface area (Å²) in [6.07, 6.45) is 0.209.